The van der Waals surface area contributed by atoms with Crippen molar-refractivity contribution in [3.05, 3.63) is 35.7 Å². The Kier molecular flexibility index (Phi) is 2.60. The number of anilines is 1. The fourth-order valence-corrected chi connectivity index (χ4v) is 3.81. The largest absolute Gasteiger partial charge is 0.384 e. The van der Waals surface area contributed by atoms with Crippen LogP contribution in [0.3, 0.4) is 0 Å². The molecule has 0 radical (unpaired) electrons. The fraction of sp³-hybridized carbons (Fsp3) is 0.154. The molecule has 1 amide bonds. The number of nitrogens with zero attached hydrogens (tertiary/aromatic N) is 2. The zero-order chi connectivity index (χ0) is 14.3. The Hall–Kier alpha value is -2.64. The van der Waals surface area contributed by atoms with Crippen molar-refractivity contribution >= 4 is 23.4 Å². The molecule has 2 aliphatic heterocycles. The molecular formula is C13H9N5OS. The van der Waals surface area contributed by atoms with E-state index in [-0.39, 0.29) is 11.4 Å². The first-order valence-corrected chi connectivity index (χ1v) is 6.61. The van der Waals surface area contributed by atoms with Gasteiger partial charge in [-0.2, -0.15) is 10.5 Å². The molecule has 98 valence electrons. The van der Waals surface area contributed by atoms with E-state index in [9.17, 15) is 15.3 Å². The summed E-state index contributed by atoms with van der Waals surface area (Å²) in [6.07, 6.45) is 0. The number of nitrogens with one attached hydrogen (secondary N) is 2. The number of thioether (sulfide) groups is 1. The SMILES string of the molecule is N#CC1=C(N)NC(=O)C(C#N)C12Nc1ccccc1S2. The van der Waals surface area contributed by atoms with Gasteiger partial charge in [0.05, 0.1) is 6.07 Å². The molecule has 3 rings (SSSR count). The third-order valence-electron chi connectivity index (χ3n) is 3.29. The minimum Gasteiger partial charge on any atom is -0.384 e. The van der Waals surface area contributed by atoms with Crippen LogP contribution in [0.5, 0.6) is 0 Å². The third-order valence-corrected chi connectivity index (χ3v) is 4.73. The molecule has 0 aliphatic carbocycles. The van der Waals surface area contributed by atoms with Gasteiger partial charge in [-0.3, -0.25) is 4.79 Å². The summed E-state index contributed by atoms with van der Waals surface area (Å²) in [7, 11) is 0. The number of hydrogen-bond acceptors (Lipinski definition) is 6. The summed E-state index contributed by atoms with van der Waals surface area (Å²) in [5, 5.41) is 24.2. The van der Waals surface area contributed by atoms with Crippen LogP contribution in [0.25, 0.3) is 0 Å². The average Bonchev–Trinajstić information content (AvgIpc) is 2.78. The summed E-state index contributed by atoms with van der Waals surface area (Å²) in [5.74, 6) is -1.55. The highest BCUT2D eigenvalue weighted by Crippen LogP contribution is 2.53. The van der Waals surface area contributed by atoms with Crippen LogP contribution in [-0.4, -0.2) is 10.8 Å². The van der Waals surface area contributed by atoms with Gasteiger partial charge >= 0.3 is 0 Å². The maximum atomic E-state index is 12.0. The number of fused-ring (bicyclic) bond motifs is 1. The van der Waals surface area contributed by atoms with Crippen LogP contribution < -0.4 is 16.4 Å². The van der Waals surface area contributed by atoms with Gasteiger partial charge in [0.1, 0.15) is 17.5 Å². The maximum Gasteiger partial charge on any atom is 0.246 e. The molecule has 1 aromatic carbocycles. The molecule has 4 N–H and O–H groups in total. The van der Waals surface area contributed by atoms with Crippen molar-refractivity contribution < 1.29 is 4.79 Å². The van der Waals surface area contributed by atoms with Crippen molar-refractivity contribution in [3.8, 4) is 12.1 Å². The van der Waals surface area contributed by atoms with Crippen molar-refractivity contribution in [1.29, 1.82) is 10.5 Å². The minimum absolute atomic E-state index is 0.00296. The molecule has 0 bridgehead atoms. The van der Waals surface area contributed by atoms with Gasteiger partial charge in [0.25, 0.3) is 0 Å². The highest BCUT2D eigenvalue weighted by atomic mass is 32.2. The fourth-order valence-electron chi connectivity index (χ4n) is 2.39. The molecule has 0 fully saturated rings. The van der Waals surface area contributed by atoms with Crippen LogP contribution in [0, 0.1) is 28.6 Å². The summed E-state index contributed by atoms with van der Waals surface area (Å²) < 4.78 is 0. The zero-order valence-electron chi connectivity index (χ0n) is 10.2. The number of carbonyl (C=O) groups excluding carboxylic acids is 1. The van der Waals surface area contributed by atoms with E-state index in [1.165, 1.54) is 11.8 Å². The average molecular weight is 283 g/mol. The molecule has 2 aliphatic rings. The Balaban J connectivity index is 2.20. The van der Waals surface area contributed by atoms with E-state index < -0.39 is 16.7 Å². The Morgan fingerprint density at radius 2 is 2.10 bits per heavy atom. The lowest BCUT2D eigenvalue weighted by Crippen LogP contribution is -2.55. The number of nitriles is 2. The predicted octanol–water partition coefficient (Wildman–Crippen LogP) is 0.864. The number of nitrogens with two attached hydrogens (primary N) is 1. The molecular weight excluding hydrogens is 274 g/mol. The number of hydrogen-bond donors (Lipinski definition) is 3. The van der Waals surface area contributed by atoms with E-state index in [2.05, 4.69) is 10.6 Å². The second-order valence-corrected chi connectivity index (χ2v) is 5.70. The highest BCUT2D eigenvalue weighted by Gasteiger charge is 2.55. The zero-order valence-corrected chi connectivity index (χ0v) is 11.0. The summed E-state index contributed by atoms with van der Waals surface area (Å²) in [6, 6.07) is 11.4. The van der Waals surface area contributed by atoms with Gasteiger partial charge in [0.15, 0.2) is 10.8 Å². The van der Waals surface area contributed by atoms with E-state index in [1.807, 2.05) is 36.4 Å². The van der Waals surface area contributed by atoms with Crippen LogP contribution in [0.2, 0.25) is 0 Å². The van der Waals surface area contributed by atoms with E-state index in [0.717, 1.165) is 10.6 Å². The predicted molar refractivity (Wildman–Crippen MR) is 72.7 cm³/mol. The Labute approximate surface area is 119 Å². The smallest absolute Gasteiger partial charge is 0.246 e. The third kappa shape index (κ3) is 1.47. The number of carbonyl (C=O) groups is 1. The molecule has 1 aromatic rings. The van der Waals surface area contributed by atoms with Crippen molar-refractivity contribution in [2.24, 2.45) is 11.7 Å². The summed E-state index contributed by atoms with van der Waals surface area (Å²) >= 11 is 1.28. The lowest BCUT2D eigenvalue weighted by Gasteiger charge is -2.36. The van der Waals surface area contributed by atoms with Crippen LogP contribution in [0.4, 0.5) is 5.69 Å². The van der Waals surface area contributed by atoms with Crippen molar-refractivity contribution in [2.45, 2.75) is 9.77 Å². The first-order valence-electron chi connectivity index (χ1n) is 5.79. The first kappa shape index (κ1) is 12.4. The highest BCUT2D eigenvalue weighted by molar-refractivity contribution is 8.01. The van der Waals surface area contributed by atoms with Crippen molar-refractivity contribution in [3.63, 3.8) is 0 Å². The van der Waals surface area contributed by atoms with Gasteiger partial charge in [-0.05, 0) is 12.1 Å². The summed E-state index contributed by atoms with van der Waals surface area (Å²) in [5.41, 5.74) is 6.71. The van der Waals surface area contributed by atoms with Crippen LogP contribution in [0.15, 0.2) is 40.6 Å². The molecule has 2 atom stereocenters. The van der Waals surface area contributed by atoms with Crippen LogP contribution in [-0.2, 0) is 4.79 Å². The normalized spacial score (nSPS) is 27.3. The van der Waals surface area contributed by atoms with Gasteiger partial charge in [0.2, 0.25) is 5.91 Å². The molecule has 0 aromatic heterocycles. The molecule has 0 saturated carbocycles. The minimum atomic E-state index is -1.15. The van der Waals surface area contributed by atoms with Gasteiger partial charge in [0, 0.05) is 10.6 Å². The Morgan fingerprint density at radius 1 is 1.35 bits per heavy atom. The Morgan fingerprint density at radius 3 is 2.75 bits per heavy atom. The molecule has 6 nitrogen and oxygen atoms in total. The molecule has 0 saturated heterocycles. The van der Waals surface area contributed by atoms with Crippen LogP contribution >= 0.6 is 11.8 Å². The molecule has 7 heteroatoms. The van der Waals surface area contributed by atoms with Gasteiger partial charge in [-0.1, -0.05) is 23.9 Å². The van der Waals surface area contributed by atoms with Gasteiger partial charge < -0.3 is 16.4 Å². The first-order chi connectivity index (χ1) is 9.62. The second kappa shape index (κ2) is 4.19. The molecule has 2 heterocycles. The second-order valence-electron chi connectivity index (χ2n) is 4.41. The number of rotatable bonds is 0. The van der Waals surface area contributed by atoms with Crippen LogP contribution in [0.1, 0.15) is 0 Å². The quantitative estimate of drug-likeness (QED) is 0.650. The van der Waals surface area contributed by atoms with E-state index in [4.69, 9.17) is 5.73 Å². The summed E-state index contributed by atoms with van der Waals surface area (Å²) in [4.78, 5) is 11.7. The molecule has 20 heavy (non-hydrogen) atoms. The molecule has 1 spiro atoms. The number of para-hydroxylation sites is 1. The lowest BCUT2D eigenvalue weighted by molar-refractivity contribution is -0.123. The van der Waals surface area contributed by atoms with Crippen molar-refractivity contribution in [1.82, 2.24) is 5.32 Å². The van der Waals surface area contributed by atoms with Crippen molar-refractivity contribution in [2.75, 3.05) is 5.32 Å². The standard InChI is InChI=1S/C13H9N5OS/c14-5-7-11(16)17-12(19)8(6-15)13(7)18-9-3-1-2-4-10(9)20-13/h1-4,8,18H,16H2,(H,17,19). The number of amides is 1. The van der Waals surface area contributed by atoms with Gasteiger partial charge in [-0.15, -0.1) is 0 Å². The lowest BCUT2D eigenvalue weighted by atomic mass is 9.89. The van der Waals surface area contributed by atoms with E-state index in [1.54, 1.807) is 0 Å². The van der Waals surface area contributed by atoms with Gasteiger partial charge in [-0.25, -0.2) is 0 Å². The molecule has 2 unspecified atom stereocenters. The Bertz CT molecular complexity index is 702. The van der Waals surface area contributed by atoms with E-state index >= 15 is 0 Å². The maximum absolute atomic E-state index is 12.0. The summed E-state index contributed by atoms with van der Waals surface area (Å²) in [6.45, 7) is 0. The van der Waals surface area contributed by atoms with E-state index in [0.29, 0.717) is 0 Å². The number of benzene rings is 1. The monoisotopic (exact) mass is 283 g/mol. The topological polar surface area (TPSA) is 115 Å².